The van der Waals surface area contributed by atoms with Crippen LogP contribution in [0.5, 0.6) is 0 Å². The lowest BCUT2D eigenvalue weighted by Crippen LogP contribution is -2.40. The first-order chi connectivity index (χ1) is 9.36. The minimum absolute atomic E-state index is 0.191. The number of halogens is 1. The van der Waals surface area contributed by atoms with Crippen LogP contribution in [0.3, 0.4) is 0 Å². The molecule has 0 aromatic heterocycles. The average molecular weight is 294 g/mol. The van der Waals surface area contributed by atoms with E-state index in [-0.39, 0.29) is 5.78 Å². The summed E-state index contributed by atoms with van der Waals surface area (Å²) in [5.41, 5.74) is 1.14. The molecule has 0 spiro atoms. The predicted octanol–water partition coefficient (Wildman–Crippen LogP) is 4.28. The maximum atomic E-state index is 12.2. The van der Waals surface area contributed by atoms with Gasteiger partial charge in [-0.05, 0) is 61.5 Å². The molecule has 20 heavy (non-hydrogen) atoms. The molecule has 0 radical (unpaired) electrons. The topological polar surface area (TPSA) is 20.3 Å². The molecule has 0 aliphatic carbocycles. The number of hydrogen-bond acceptors (Lipinski definition) is 2. The summed E-state index contributed by atoms with van der Waals surface area (Å²) in [4.78, 5) is 14.5. The Kier molecular flexibility index (Phi) is 4.87. The van der Waals surface area contributed by atoms with Gasteiger partial charge in [0, 0.05) is 10.6 Å². The number of hydrogen-bond donors (Lipinski definition) is 0. The van der Waals surface area contributed by atoms with Crippen molar-refractivity contribution in [2.45, 2.75) is 33.6 Å². The fourth-order valence-electron chi connectivity index (χ4n) is 2.89. The van der Waals surface area contributed by atoms with Gasteiger partial charge in [0.05, 0.1) is 6.54 Å². The van der Waals surface area contributed by atoms with E-state index >= 15 is 0 Å². The van der Waals surface area contributed by atoms with Crippen LogP contribution in [0, 0.1) is 11.3 Å². The maximum absolute atomic E-state index is 12.2. The smallest absolute Gasteiger partial charge is 0.176 e. The number of carbonyl (C=O) groups is 1. The largest absolute Gasteiger partial charge is 0.296 e. The first-order valence-electron chi connectivity index (χ1n) is 7.37. The first-order valence-corrected chi connectivity index (χ1v) is 7.75. The van der Waals surface area contributed by atoms with Crippen molar-refractivity contribution < 1.29 is 4.79 Å². The molecule has 0 saturated carbocycles. The highest BCUT2D eigenvalue weighted by Crippen LogP contribution is 2.34. The summed E-state index contributed by atoms with van der Waals surface area (Å²) in [5.74, 6) is 0.959. The van der Waals surface area contributed by atoms with Crippen LogP contribution in [0.2, 0.25) is 5.02 Å². The molecule has 1 aromatic rings. The highest BCUT2D eigenvalue weighted by atomic mass is 35.5. The number of ketones is 1. The number of carbonyl (C=O) groups excluding carboxylic acids is 1. The number of Topliss-reactive ketones (excluding diaryl/α,β-unsaturated/α-hetero) is 1. The lowest BCUT2D eigenvalue weighted by molar-refractivity contribution is 0.0822. The molecular weight excluding hydrogens is 270 g/mol. The zero-order valence-corrected chi connectivity index (χ0v) is 13.4. The van der Waals surface area contributed by atoms with Crippen molar-refractivity contribution in [3.8, 4) is 0 Å². The molecule has 0 amide bonds. The Hall–Kier alpha value is -0.860. The molecule has 1 fully saturated rings. The van der Waals surface area contributed by atoms with Gasteiger partial charge in [0.15, 0.2) is 5.78 Å². The molecule has 0 bridgehead atoms. The highest BCUT2D eigenvalue weighted by molar-refractivity contribution is 6.30. The lowest BCUT2D eigenvalue weighted by atomic mass is 9.75. The van der Waals surface area contributed by atoms with E-state index < -0.39 is 0 Å². The van der Waals surface area contributed by atoms with Crippen LogP contribution in [0.4, 0.5) is 0 Å². The summed E-state index contributed by atoms with van der Waals surface area (Å²) in [6, 6.07) is 7.18. The number of likely N-dealkylation sites (tertiary alicyclic amines) is 1. The van der Waals surface area contributed by atoms with E-state index in [1.54, 1.807) is 12.1 Å². The van der Waals surface area contributed by atoms with Gasteiger partial charge in [-0.1, -0.05) is 32.4 Å². The van der Waals surface area contributed by atoms with E-state index in [1.807, 2.05) is 12.1 Å². The molecular formula is C17H24ClNO. The third kappa shape index (κ3) is 4.07. The number of benzene rings is 1. The van der Waals surface area contributed by atoms with Gasteiger partial charge in [-0.3, -0.25) is 9.69 Å². The molecule has 1 aromatic carbocycles. The summed E-state index contributed by atoms with van der Waals surface area (Å²) < 4.78 is 0. The molecule has 0 N–H and O–H groups in total. The maximum Gasteiger partial charge on any atom is 0.176 e. The molecule has 2 nitrogen and oxygen atoms in total. The fourth-order valence-corrected chi connectivity index (χ4v) is 3.01. The monoisotopic (exact) mass is 293 g/mol. The number of nitrogens with zero attached hydrogens (tertiary/aromatic N) is 1. The van der Waals surface area contributed by atoms with E-state index in [4.69, 9.17) is 11.6 Å². The van der Waals surface area contributed by atoms with E-state index in [1.165, 1.54) is 12.8 Å². The van der Waals surface area contributed by atoms with Gasteiger partial charge >= 0.3 is 0 Å². The quantitative estimate of drug-likeness (QED) is 0.775. The van der Waals surface area contributed by atoms with Crippen LogP contribution in [-0.2, 0) is 0 Å². The van der Waals surface area contributed by atoms with Gasteiger partial charge in [-0.25, -0.2) is 0 Å². The summed E-state index contributed by atoms with van der Waals surface area (Å²) in [7, 11) is 0. The van der Waals surface area contributed by atoms with Crippen LogP contribution in [0.15, 0.2) is 24.3 Å². The molecule has 110 valence electrons. The summed E-state index contributed by atoms with van der Waals surface area (Å²) in [6.07, 6.45) is 2.38. The Bertz CT molecular complexity index is 453. The Morgan fingerprint density at radius 2 is 1.75 bits per heavy atom. The van der Waals surface area contributed by atoms with Crippen molar-refractivity contribution in [3.63, 3.8) is 0 Å². The molecule has 2 rings (SSSR count). The van der Waals surface area contributed by atoms with Crippen molar-refractivity contribution >= 4 is 17.4 Å². The lowest BCUT2D eigenvalue weighted by Gasteiger charge is -2.38. The van der Waals surface area contributed by atoms with E-state index in [0.717, 1.165) is 24.6 Å². The van der Waals surface area contributed by atoms with Crippen LogP contribution in [0.25, 0.3) is 0 Å². The second-order valence-electron chi connectivity index (χ2n) is 6.85. The minimum Gasteiger partial charge on any atom is -0.296 e. The fraction of sp³-hybridized carbons (Fsp3) is 0.588. The number of piperidine rings is 1. The minimum atomic E-state index is 0.191. The second-order valence-corrected chi connectivity index (χ2v) is 7.28. The van der Waals surface area contributed by atoms with Crippen LogP contribution in [-0.4, -0.2) is 30.3 Å². The van der Waals surface area contributed by atoms with Gasteiger partial charge in [0.25, 0.3) is 0 Å². The third-order valence-electron chi connectivity index (χ3n) is 4.35. The van der Waals surface area contributed by atoms with Crippen molar-refractivity contribution in [2.75, 3.05) is 19.6 Å². The molecule has 0 unspecified atom stereocenters. The summed E-state index contributed by atoms with van der Waals surface area (Å²) >= 11 is 5.85. The zero-order chi connectivity index (χ0) is 14.8. The standard InChI is InChI=1S/C17H24ClNO/c1-17(2,3)14-8-10-19(11-9-14)12-16(20)13-4-6-15(18)7-5-13/h4-7,14H,8-12H2,1-3H3. The third-order valence-corrected chi connectivity index (χ3v) is 4.60. The number of rotatable bonds is 3. The van der Waals surface area contributed by atoms with E-state index in [9.17, 15) is 4.79 Å². The second kappa shape index (κ2) is 6.28. The van der Waals surface area contributed by atoms with Crippen LogP contribution >= 0.6 is 11.6 Å². The Morgan fingerprint density at radius 1 is 1.20 bits per heavy atom. The molecule has 1 aliphatic heterocycles. The highest BCUT2D eigenvalue weighted by Gasteiger charge is 2.29. The van der Waals surface area contributed by atoms with Crippen molar-refractivity contribution in [2.24, 2.45) is 11.3 Å². The Morgan fingerprint density at radius 3 is 2.25 bits per heavy atom. The van der Waals surface area contributed by atoms with Crippen molar-refractivity contribution in [1.29, 1.82) is 0 Å². The molecule has 1 saturated heterocycles. The molecule has 3 heteroatoms. The van der Waals surface area contributed by atoms with Gasteiger partial charge in [-0.15, -0.1) is 0 Å². The normalized spacial score (nSPS) is 18.2. The van der Waals surface area contributed by atoms with Crippen molar-refractivity contribution in [3.05, 3.63) is 34.9 Å². The van der Waals surface area contributed by atoms with Crippen molar-refractivity contribution in [1.82, 2.24) is 4.90 Å². The predicted molar refractivity (Wildman–Crippen MR) is 84.4 cm³/mol. The van der Waals surface area contributed by atoms with Gasteiger partial charge in [-0.2, -0.15) is 0 Å². The van der Waals surface area contributed by atoms with Crippen LogP contribution in [0.1, 0.15) is 44.0 Å². The van der Waals surface area contributed by atoms with Gasteiger partial charge in [0.2, 0.25) is 0 Å². The Labute approximate surface area is 127 Å². The molecule has 0 atom stereocenters. The van der Waals surface area contributed by atoms with Crippen LogP contribution < -0.4 is 0 Å². The first kappa shape index (κ1) is 15.5. The Balaban J connectivity index is 1.86. The zero-order valence-electron chi connectivity index (χ0n) is 12.7. The average Bonchev–Trinajstić information content (AvgIpc) is 2.39. The molecule has 1 aliphatic rings. The SMILES string of the molecule is CC(C)(C)C1CCN(CC(=O)c2ccc(Cl)cc2)CC1. The van der Waals surface area contributed by atoms with E-state index in [2.05, 4.69) is 25.7 Å². The molecule has 1 heterocycles. The summed E-state index contributed by atoms with van der Waals surface area (Å²) in [6.45, 7) is 9.52. The summed E-state index contributed by atoms with van der Waals surface area (Å²) in [5, 5.41) is 0.674. The van der Waals surface area contributed by atoms with Gasteiger partial charge in [0.1, 0.15) is 0 Å². The van der Waals surface area contributed by atoms with E-state index in [0.29, 0.717) is 17.0 Å². The van der Waals surface area contributed by atoms with Gasteiger partial charge < -0.3 is 0 Å².